The van der Waals surface area contributed by atoms with Gasteiger partial charge in [0.1, 0.15) is 6.10 Å². The van der Waals surface area contributed by atoms with Crippen LogP contribution in [-0.2, 0) is 16.1 Å². The largest absolute Gasteiger partial charge is 0.481 e. The van der Waals surface area contributed by atoms with Gasteiger partial charge in [0, 0.05) is 11.8 Å². The van der Waals surface area contributed by atoms with Crippen molar-refractivity contribution in [1.29, 1.82) is 0 Å². The molecule has 5 unspecified atom stereocenters. The average molecular weight is 330 g/mol. The molecule has 0 N–H and O–H groups in total. The lowest BCUT2D eigenvalue weighted by Crippen LogP contribution is -2.32. The molecule has 0 saturated carbocycles. The van der Waals surface area contributed by atoms with Crippen LogP contribution in [0.4, 0.5) is 0 Å². The van der Waals surface area contributed by atoms with E-state index in [0.717, 1.165) is 5.56 Å². The van der Waals surface area contributed by atoms with Crippen LogP contribution in [0.5, 0.6) is 0 Å². The molecule has 0 radical (unpaired) electrons. The Morgan fingerprint density at radius 3 is 2.43 bits per heavy atom. The average Bonchev–Trinajstić information content (AvgIpc) is 2.90. The summed E-state index contributed by atoms with van der Waals surface area (Å²) in [6, 6.07) is 10.2. The third-order valence-electron chi connectivity index (χ3n) is 4.69. The van der Waals surface area contributed by atoms with Gasteiger partial charge in [-0.15, -0.1) is 13.2 Å². The minimum Gasteiger partial charge on any atom is -0.481 e. The summed E-state index contributed by atoms with van der Waals surface area (Å²) in [5.41, 5.74) is 1.16. The molecular formula is C20H26O2S. The summed E-state index contributed by atoms with van der Waals surface area (Å²) in [7, 11) is 0. The van der Waals surface area contributed by atoms with Crippen molar-refractivity contribution in [3.63, 3.8) is 0 Å². The van der Waals surface area contributed by atoms with Gasteiger partial charge in [-0.05, 0) is 29.6 Å². The van der Waals surface area contributed by atoms with Crippen molar-refractivity contribution in [1.82, 2.24) is 0 Å². The Kier molecular flexibility index (Phi) is 6.55. The molecule has 0 bridgehead atoms. The molecule has 0 amide bonds. The highest BCUT2D eigenvalue weighted by molar-refractivity contribution is 7.80. The molecule has 1 aromatic carbocycles. The van der Waals surface area contributed by atoms with Crippen molar-refractivity contribution >= 4 is 17.3 Å². The SMILES string of the molecule is C=CC(C)C1C(=S)OC(COCc2ccccc2)C1C(C)C=C. The molecule has 0 aliphatic carbocycles. The van der Waals surface area contributed by atoms with Crippen molar-refractivity contribution in [2.45, 2.75) is 26.6 Å². The van der Waals surface area contributed by atoms with Crippen molar-refractivity contribution in [3.8, 4) is 0 Å². The van der Waals surface area contributed by atoms with Crippen LogP contribution >= 0.6 is 12.2 Å². The van der Waals surface area contributed by atoms with Crippen LogP contribution in [0.1, 0.15) is 19.4 Å². The third kappa shape index (κ3) is 4.30. The lowest BCUT2D eigenvalue weighted by atomic mass is 9.75. The van der Waals surface area contributed by atoms with E-state index < -0.39 is 0 Å². The Morgan fingerprint density at radius 2 is 1.83 bits per heavy atom. The number of ether oxygens (including phenoxy) is 2. The quantitative estimate of drug-likeness (QED) is 0.503. The number of allylic oxidation sites excluding steroid dienone is 2. The summed E-state index contributed by atoms with van der Waals surface area (Å²) in [5, 5.41) is 0.685. The molecule has 1 aliphatic rings. The number of benzene rings is 1. The Balaban J connectivity index is 2.02. The first kappa shape index (κ1) is 17.9. The molecule has 2 nitrogen and oxygen atoms in total. The van der Waals surface area contributed by atoms with Gasteiger partial charge in [0.05, 0.1) is 13.2 Å². The first-order chi connectivity index (χ1) is 11.1. The second kappa shape index (κ2) is 8.42. The smallest absolute Gasteiger partial charge is 0.164 e. The zero-order chi connectivity index (χ0) is 16.8. The molecule has 1 heterocycles. The Hall–Kier alpha value is -1.45. The Morgan fingerprint density at radius 1 is 1.17 bits per heavy atom. The predicted octanol–water partition coefficient (Wildman–Crippen LogP) is 4.81. The van der Waals surface area contributed by atoms with Crippen molar-refractivity contribution in [2.24, 2.45) is 23.7 Å². The lowest BCUT2D eigenvalue weighted by Gasteiger charge is -2.27. The highest BCUT2D eigenvalue weighted by atomic mass is 32.1. The maximum Gasteiger partial charge on any atom is 0.164 e. The van der Waals surface area contributed by atoms with E-state index in [4.69, 9.17) is 21.7 Å². The molecule has 2 rings (SSSR count). The fourth-order valence-electron chi connectivity index (χ4n) is 3.24. The van der Waals surface area contributed by atoms with Gasteiger partial charge in [0.15, 0.2) is 5.05 Å². The maximum atomic E-state index is 5.98. The van der Waals surface area contributed by atoms with Gasteiger partial charge in [0.2, 0.25) is 0 Å². The zero-order valence-electron chi connectivity index (χ0n) is 14.0. The van der Waals surface area contributed by atoms with Crippen LogP contribution < -0.4 is 0 Å². The lowest BCUT2D eigenvalue weighted by molar-refractivity contribution is 0.0161. The number of thiocarbonyl (C=S) groups is 1. The van der Waals surface area contributed by atoms with E-state index >= 15 is 0 Å². The molecule has 1 aliphatic heterocycles. The second-order valence-corrected chi connectivity index (χ2v) is 6.67. The Bertz CT molecular complexity index is 540. The minimum absolute atomic E-state index is 0.0217. The van der Waals surface area contributed by atoms with E-state index in [-0.39, 0.29) is 23.9 Å². The summed E-state index contributed by atoms with van der Waals surface area (Å²) in [6.45, 7) is 13.3. The maximum absolute atomic E-state index is 5.98. The number of hydrogen-bond acceptors (Lipinski definition) is 3. The van der Waals surface area contributed by atoms with E-state index in [1.54, 1.807) is 0 Å². The first-order valence-corrected chi connectivity index (χ1v) is 8.56. The zero-order valence-corrected chi connectivity index (χ0v) is 14.8. The van der Waals surface area contributed by atoms with Gasteiger partial charge in [-0.2, -0.15) is 0 Å². The normalized spacial score (nSPS) is 26.3. The van der Waals surface area contributed by atoms with Crippen molar-refractivity contribution < 1.29 is 9.47 Å². The standard InChI is InChI=1S/C20H26O2S/c1-5-14(3)18-17(22-20(23)19(18)15(4)6-2)13-21-12-16-10-8-7-9-11-16/h5-11,14-15,17-19H,1-2,12-13H2,3-4H3. The number of rotatable bonds is 8. The second-order valence-electron chi connectivity index (χ2n) is 6.27. The van der Waals surface area contributed by atoms with Crippen molar-refractivity contribution in [3.05, 3.63) is 61.2 Å². The van der Waals surface area contributed by atoms with Gasteiger partial charge >= 0.3 is 0 Å². The molecule has 124 valence electrons. The topological polar surface area (TPSA) is 18.5 Å². The highest BCUT2D eigenvalue weighted by Gasteiger charge is 2.45. The minimum atomic E-state index is -0.0217. The molecule has 5 atom stereocenters. The van der Waals surface area contributed by atoms with Gasteiger partial charge in [0.25, 0.3) is 0 Å². The third-order valence-corrected chi connectivity index (χ3v) is 5.06. The molecule has 1 fully saturated rings. The molecular weight excluding hydrogens is 304 g/mol. The first-order valence-electron chi connectivity index (χ1n) is 8.15. The van der Waals surface area contributed by atoms with Crippen LogP contribution in [0.2, 0.25) is 0 Å². The van der Waals surface area contributed by atoms with E-state index in [2.05, 4.69) is 39.1 Å². The summed E-state index contributed by atoms with van der Waals surface area (Å²) in [6.07, 6.45) is 3.91. The van der Waals surface area contributed by atoms with Gasteiger partial charge < -0.3 is 9.47 Å². The number of hydrogen-bond donors (Lipinski definition) is 0. The van der Waals surface area contributed by atoms with Crippen LogP contribution in [0.15, 0.2) is 55.6 Å². The van der Waals surface area contributed by atoms with E-state index in [1.165, 1.54) is 0 Å². The van der Waals surface area contributed by atoms with Crippen LogP contribution in [0, 0.1) is 23.7 Å². The summed E-state index contributed by atoms with van der Waals surface area (Å²) >= 11 is 5.49. The van der Waals surface area contributed by atoms with Crippen LogP contribution in [0.3, 0.4) is 0 Å². The van der Waals surface area contributed by atoms with Crippen LogP contribution in [-0.4, -0.2) is 17.8 Å². The van der Waals surface area contributed by atoms with E-state index in [1.807, 2.05) is 30.4 Å². The molecule has 1 aromatic rings. The molecule has 0 aromatic heterocycles. The molecule has 23 heavy (non-hydrogen) atoms. The molecule has 3 heteroatoms. The van der Waals surface area contributed by atoms with Crippen LogP contribution in [0.25, 0.3) is 0 Å². The summed E-state index contributed by atoms with van der Waals surface area (Å²) in [5.74, 6) is 1.08. The summed E-state index contributed by atoms with van der Waals surface area (Å²) in [4.78, 5) is 0. The fraction of sp³-hybridized carbons (Fsp3) is 0.450. The molecule has 1 saturated heterocycles. The summed E-state index contributed by atoms with van der Waals surface area (Å²) < 4.78 is 11.9. The van der Waals surface area contributed by atoms with Gasteiger partial charge in [-0.1, -0.05) is 56.3 Å². The van der Waals surface area contributed by atoms with Gasteiger partial charge in [-0.25, -0.2) is 0 Å². The predicted molar refractivity (Wildman–Crippen MR) is 99.3 cm³/mol. The highest BCUT2D eigenvalue weighted by Crippen LogP contribution is 2.40. The fourth-order valence-corrected chi connectivity index (χ4v) is 3.74. The van der Waals surface area contributed by atoms with Gasteiger partial charge in [-0.3, -0.25) is 0 Å². The molecule has 0 spiro atoms. The van der Waals surface area contributed by atoms with E-state index in [0.29, 0.717) is 24.2 Å². The monoisotopic (exact) mass is 330 g/mol. The van der Waals surface area contributed by atoms with Crippen molar-refractivity contribution in [2.75, 3.05) is 6.61 Å². The van der Waals surface area contributed by atoms with E-state index in [9.17, 15) is 0 Å². The Labute approximate surface area is 145 Å².